The monoisotopic (exact) mass is 431 g/mol. The molecule has 0 spiro atoms. The lowest BCUT2D eigenvalue weighted by Gasteiger charge is -2.28. The van der Waals surface area contributed by atoms with Crippen LogP contribution in [0, 0.1) is 27.2 Å². The first kappa shape index (κ1) is 21.8. The SMILES string of the molecule is Cc1cc(N2CCOCC2)nc(NCCNC(=O)c2cc([N+](=O)[O-])cc([N+](=O)[O-])c2)n1. The molecular weight excluding hydrogens is 410 g/mol. The number of nitro groups is 2. The standard InChI is InChI=1S/C18H21N7O6/c1-12-8-16(23-4-6-31-7-5-23)22-18(21-12)20-3-2-19-17(26)13-9-14(24(27)28)11-15(10-13)25(29)30/h8-11H,2-7H2,1H3,(H,19,26)(H,20,21,22). The molecule has 1 aromatic heterocycles. The number of morpholine rings is 1. The Kier molecular flexibility index (Phi) is 6.87. The van der Waals surface area contributed by atoms with Gasteiger partial charge >= 0.3 is 0 Å². The maximum Gasteiger partial charge on any atom is 0.277 e. The summed E-state index contributed by atoms with van der Waals surface area (Å²) in [5.74, 6) is 0.528. The number of hydrogen-bond acceptors (Lipinski definition) is 10. The molecule has 0 unspecified atom stereocenters. The van der Waals surface area contributed by atoms with Crippen molar-refractivity contribution in [1.82, 2.24) is 15.3 Å². The maximum absolute atomic E-state index is 12.3. The number of ether oxygens (including phenoxy) is 1. The summed E-state index contributed by atoms with van der Waals surface area (Å²) in [5.41, 5.74) is -0.434. The second-order valence-corrected chi connectivity index (χ2v) is 6.73. The quantitative estimate of drug-likeness (QED) is 0.353. The van der Waals surface area contributed by atoms with Gasteiger partial charge in [-0.25, -0.2) is 4.98 Å². The molecular formula is C18H21N7O6. The van der Waals surface area contributed by atoms with Gasteiger partial charge in [0.25, 0.3) is 17.3 Å². The molecule has 31 heavy (non-hydrogen) atoms. The normalized spacial score (nSPS) is 13.5. The van der Waals surface area contributed by atoms with Gasteiger partial charge in [-0.1, -0.05) is 0 Å². The number of carbonyl (C=O) groups is 1. The molecule has 0 atom stereocenters. The van der Waals surface area contributed by atoms with Crippen molar-refractivity contribution in [2.75, 3.05) is 49.6 Å². The molecule has 1 amide bonds. The topological polar surface area (TPSA) is 166 Å². The van der Waals surface area contributed by atoms with Gasteiger partial charge in [-0.3, -0.25) is 25.0 Å². The third kappa shape index (κ3) is 5.82. The zero-order valence-electron chi connectivity index (χ0n) is 16.7. The van der Waals surface area contributed by atoms with Crippen molar-refractivity contribution in [3.05, 3.63) is 55.8 Å². The first-order chi connectivity index (χ1) is 14.8. The molecule has 0 aliphatic carbocycles. The van der Waals surface area contributed by atoms with E-state index in [1.165, 1.54) is 0 Å². The Labute approximate surface area is 176 Å². The fourth-order valence-electron chi connectivity index (χ4n) is 2.97. The van der Waals surface area contributed by atoms with E-state index in [-0.39, 0.29) is 18.7 Å². The van der Waals surface area contributed by atoms with E-state index in [4.69, 9.17) is 4.74 Å². The van der Waals surface area contributed by atoms with E-state index in [9.17, 15) is 25.0 Å². The minimum Gasteiger partial charge on any atom is -0.378 e. The first-order valence-electron chi connectivity index (χ1n) is 9.48. The summed E-state index contributed by atoms with van der Waals surface area (Å²) in [6.07, 6.45) is 0. The number of hydrogen-bond donors (Lipinski definition) is 2. The molecule has 1 aromatic carbocycles. The second-order valence-electron chi connectivity index (χ2n) is 6.73. The summed E-state index contributed by atoms with van der Waals surface area (Å²) < 4.78 is 5.35. The Morgan fingerprint density at radius 1 is 1.06 bits per heavy atom. The van der Waals surface area contributed by atoms with Crippen LogP contribution >= 0.6 is 0 Å². The molecule has 1 aliphatic heterocycles. The van der Waals surface area contributed by atoms with E-state index < -0.39 is 27.1 Å². The van der Waals surface area contributed by atoms with E-state index in [0.29, 0.717) is 19.2 Å². The van der Waals surface area contributed by atoms with Crippen LogP contribution in [-0.4, -0.2) is 65.1 Å². The largest absolute Gasteiger partial charge is 0.378 e. The van der Waals surface area contributed by atoms with Crippen molar-refractivity contribution in [1.29, 1.82) is 0 Å². The van der Waals surface area contributed by atoms with Crippen LogP contribution in [0.25, 0.3) is 0 Å². The highest BCUT2D eigenvalue weighted by Crippen LogP contribution is 2.22. The van der Waals surface area contributed by atoms with Crippen LogP contribution in [0.3, 0.4) is 0 Å². The van der Waals surface area contributed by atoms with E-state index >= 15 is 0 Å². The van der Waals surface area contributed by atoms with Crippen LogP contribution in [0.4, 0.5) is 23.1 Å². The van der Waals surface area contributed by atoms with Gasteiger partial charge in [0.1, 0.15) is 5.82 Å². The van der Waals surface area contributed by atoms with Gasteiger partial charge in [0.05, 0.1) is 34.7 Å². The van der Waals surface area contributed by atoms with Crippen molar-refractivity contribution in [2.45, 2.75) is 6.92 Å². The molecule has 2 heterocycles. The minimum atomic E-state index is -0.785. The maximum atomic E-state index is 12.3. The van der Waals surface area contributed by atoms with Crippen LogP contribution in [0.2, 0.25) is 0 Å². The average molecular weight is 431 g/mol. The number of carbonyl (C=O) groups excluding carboxylic acids is 1. The van der Waals surface area contributed by atoms with Gasteiger partial charge in [0, 0.05) is 50.1 Å². The van der Waals surface area contributed by atoms with Crippen LogP contribution in [0.1, 0.15) is 16.1 Å². The summed E-state index contributed by atoms with van der Waals surface area (Å²) in [5, 5.41) is 27.5. The van der Waals surface area contributed by atoms with Gasteiger partial charge < -0.3 is 20.3 Å². The van der Waals surface area contributed by atoms with E-state index in [2.05, 4.69) is 25.5 Å². The van der Waals surface area contributed by atoms with Gasteiger partial charge in [0.15, 0.2) is 0 Å². The molecule has 0 bridgehead atoms. The lowest BCUT2D eigenvalue weighted by molar-refractivity contribution is -0.394. The summed E-state index contributed by atoms with van der Waals surface area (Å²) in [6.45, 7) is 5.03. The Hall–Kier alpha value is -3.87. The van der Waals surface area contributed by atoms with Crippen molar-refractivity contribution < 1.29 is 19.4 Å². The van der Waals surface area contributed by atoms with Crippen LogP contribution < -0.4 is 15.5 Å². The van der Waals surface area contributed by atoms with Crippen molar-refractivity contribution >= 4 is 29.0 Å². The lowest BCUT2D eigenvalue weighted by Crippen LogP contribution is -2.37. The number of nitro benzene ring substituents is 2. The highest BCUT2D eigenvalue weighted by atomic mass is 16.6. The zero-order chi connectivity index (χ0) is 22.4. The second kappa shape index (κ2) is 9.75. The molecule has 2 N–H and O–H groups in total. The Balaban J connectivity index is 1.58. The molecule has 3 rings (SSSR count). The first-order valence-corrected chi connectivity index (χ1v) is 9.48. The number of amides is 1. The van der Waals surface area contributed by atoms with Crippen molar-refractivity contribution in [3.8, 4) is 0 Å². The minimum absolute atomic E-state index is 0.152. The van der Waals surface area contributed by atoms with E-state index in [0.717, 1.165) is 42.8 Å². The third-order valence-corrected chi connectivity index (χ3v) is 4.46. The molecule has 13 nitrogen and oxygen atoms in total. The summed E-state index contributed by atoms with van der Waals surface area (Å²) in [7, 11) is 0. The predicted molar refractivity (Wildman–Crippen MR) is 110 cm³/mol. The van der Waals surface area contributed by atoms with Crippen LogP contribution in [-0.2, 0) is 4.74 Å². The van der Waals surface area contributed by atoms with Crippen molar-refractivity contribution in [2.24, 2.45) is 0 Å². The summed E-state index contributed by atoms with van der Waals surface area (Å²) >= 11 is 0. The predicted octanol–water partition coefficient (Wildman–Crippen LogP) is 1.28. The molecule has 1 aliphatic rings. The molecule has 2 aromatic rings. The highest BCUT2D eigenvalue weighted by molar-refractivity contribution is 5.95. The highest BCUT2D eigenvalue weighted by Gasteiger charge is 2.20. The number of rotatable bonds is 8. The Morgan fingerprint density at radius 2 is 1.71 bits per heavy atom. The third-order valence-electron chi connectivity index (χ3n) is 4.46. The number of non-ortho nitro benzene ring substituents is 2. The van der Waals surface area contributed by atoms with Crippen LogP contribution in [0.15, 0.2) is 24.3 Å². The number of anilines is 2. The fourth-order valence-corrected chi connectivity index (χ4v) is 2.97. The van der Waals surface area contributed by atoms with Gasteiger partial charge in [0.2, 0.25) is 5.95 Å². The molecule has 0 radical (unpaired) electrons. The smallest absolute Gasteiger partial charge is 0.277 e. The number of nitrogens with one attached hydrogen (secondary N) is 2. The molecule has 1 saturated heterocycles. The molecule has 164 valence electrons. The summed E-state index contributed by atoms with van der Waals surface area (Å²) in [6, 6.07) is 4.68. The number of aromatic nitrogens is 2. The van der Waals surface area contributed by atoms with E-state index in [1.807, 2.05) is 13.0 Å². The number of nitrogens with zero attached hydrogens (tertiary/aromatic N) is 5. The Morgan fingerprint density at radius 3 is 2.32 bits per heavy atom. The zero-order valence-corrected chi connectivity index (χ0v) is 16.7. The summed E-state index contributed by atoms with van der Waals surface area (Å²) in [4.78, 5) is 43.5. The fraction of sp³-hybridized carbons (Fsp3) is 0.389. The Bertz CT molecular complexity index is 961. The number of aryl methyl sites for hydroxylation is 1. The van der Waals surface area contributed by atoms with Crippen molar-refractivity contribution in [3.63, 3.8) is 0 Å². The van der Waals surface area contributed by atoms with Crippen LogP contribution in [0.5, 0.6) is 0 Å². The van der Waals surface area contributed by atoms with Gasteiger partial charge in [-0.15, -0.1) is 0 Å². The molecule has 1 fully saturated rings. The number of benzene rings is 1. The van der Waals surface area contributed by atoms with Gasteiger partial charge in [-0.2, -0.15) is 4.98 Å². The molecule has 13 heteroatoms. The molecule has 0 saturated carbocycles. The average Bonchev–Trinajstić information content (AvgIpc) is 2.76. The van der Waals surface area contributed by atoms with Gasteiger partial charge in [-0.05, 0) is 6.92 Å². The lowest BCUT2D eigenvalue weighted by atomic mass is 10.1. The van der Waals surface area contributed by atoms with E-state index in [1.54, 1.807) is 0 Å².